The Kier molecular flexibility index (Phi) is 3.74. The van der Waals surface area contributed by atoms with Crippen molar-refractivity contribution in [3.8, 4) is 0 Å². The summed E-state index contributed by atoms with van der Waals surface area (Å²) in [6, 6.07) is 4.31. The molecule has 1 fully saturated rings. The number of pyridine rings is 1. The van der Waals surface area contributed by atoms with Gasteiger partial charge in [0.2, 0.25) is 0 Å². The Morgan fingerprint density at radius 1 is 1.59 bits per heavy atom. The van der Waals surface area contributed by atoms with Crippen molar-refractivity contribution in [2.24, 2.45) is 0 Å². The van der Waals surface area contributed by atoms with Gasteiger partial charge in [-0.25, -0.2) is 4.79 Å². The highest BCUT2D eigenvalue weighted by Gasteiger charge is 2.20. The second kappa shape index (κ2) is 5.27. The maximum Gasteiger partial charge on any atom is 0.339 e. The summed E-state index contributed by atoms with van der Waals surface area (Å²) < 4.78 is 4.64. The van der Waals surface area contributed by atoms with Crippen molar-refractivity contribution >= 4 is 5.97 Å². The third kappa shape index (κ3) is 2.82. The highest BCUT2D eigenvalue weighted by atomic mass is 16.5. The molecule has 0 spiro atoms. The lowest BCUT2D eigenvalue weighted by Crippen LogP contribution is -2.26. The van der Waals surface area contributed by atoms with Crippen LogP contribution in [0.2, 0.25) is 0 Å². The van der Waals surface area contributed by atoms with Crippen molar-refractivity contribution in [1.29, 1.82) is 0 Å². The fourth-order valence-corrected chi connectivity index (χ4v) is 2.19. The first-order valence-electron chi connectivity index (χ1n) is 5.98. The lowest BCUT2D eigenvalue weighted by Gasteiger charge is -2.20. The quantitative estimate of drug-likeness (QED) is 0.749. The van der Waals surface area contributed by atoms with E-state index in [9.17, 15) is 4.79 Å². The van der Waals surface area contributed by atoms with Gasteiger partial charge < -0.3 is 4.74 Å². The van der Waals surface area contributed by atoms with Crippen LogP contribution in [0.25, 0.3) is 0 Å². The Labute approximate surface area is 102 Å². The number of aromatic nitrogens is 1. The molecule has 1 aromatic rings. The van der Waals surface area contributed by atoms with Gasteiger partial charge in [0.15, 0.2) is 0 Å². The molecule has 1 saturated heterocycles. The van der Waals surface area contributed by atoms with Gasteiger partial charge in [0.25, 0.3) is 0 Å². The molecule has 1 atom stereocenters. The van der Waals surface area contributed by atoms with Gasteiger partial charge in [-0.3, -0.25) is 9.88 Å². The summed E-state index contributed by atoms with van der Waals surface area (Å²) >= 11 is 0. The number of esters is 1. The van der Waals surface area contributed by atoms with Gasteiger partial charge in [-0.15, -0.1) is 0 Å². The van der Waals surface area contributed by atoms with Gasteiger partial charge in [-0.05, 0) is 38.4 Å². The molecule has 17 heavy (non-hydrogen) atoms. The molecule has 0 aromatic carbocycles. The van der Waals surface area contributed by atoms with Crippen molar-refractivity contribution < 1.29 is 9.53 Å². The minimum atomic E-state index is -0.335. The van der Waals surface area contributed by atoms with Crippen molar-refractivity contribution in [1.82, 2.24) is 9.88 Å². The molecule has 92 valence electrons. The Morgan fingerprint density at radius 2 is 2.41 bits per heavy atom. The Balaban J connectivity index is 2.00. The molecule has 0 radical (unpaired) electrons. The van der Waals surface area contributed by atoms with E-state index in [1.54, 1.807) is 12.3 Å². The number of carbonyl (C=O) groups is 1. The molecule has 1 aliphatic rings. The maximum atomic E-state index is 11.2. The second-order valence-electron chi connectivity index (χ2n) is 4.49. The normalized spacial score (nSPS) is 20.5. The van der Waals surface area contributed by atoms with Crippen LogP contribution in [0.5, 0.6) is 0 Å². The lowest BCUT2D eigenvalue weighted by atomic mass is 10.2. The van der Waals surface area contributed by atoms with Gasteiger partial charge in [-0.1, -0.05) is 0 Å². The second-order valence-corrected chi connectivity index (χ2v) is 4.49. The van der Waals surface area contributed by atoms with Crippen LogP contribution in [0.1, 0.15) is 35.8 Å². The molecule has 1 aliphatic heterocycles. The molecule has 0 aliphatic carbocycles. The first kappa shape index (κ1) is 12.0. The van der Waals surface area contributed by atoms with E-state index in [4.69, 9.17) is 0 Å². The largest absolute Gasteiger partial charge is 0.465 e. The van der Waals surface area contributed by atoms with Crippen LogP contribution in [-0.4, -0.2) is 35.5 Å². The monoisotopic (exact) mass is 234 g/mol. The fraction of sp³-hybridized carbons (Fsp3) is 0.538. The number of ether oxygens (including phenoxy) is 1. The molecule has 0 saturated carbocycles. The van der Waals surface area contributed by atoms with Gasteiger partial charge in [0.05, 0.1) is 18.4 Å². The standard InChI is InChI=1S/C13H18N2O2/c1-10-4-3-7-15(10)9-12-6-5-11(8-14-12)13(16)17-2/h5-6,8,10H,3-4,7,9H2,1-2H3. The number of rotatable bonds is 3. The number of hydrogen-bond donors (Lipinski definition) is 0. The van der Waals surface area contributed by atoms with E-state index in [1.165, 1.54) is 20.0 Å². The third-order valence-corrected chi connectivity index (χ3v) is 3.30. The minimum absolute atomic E-state index is 0.335. The van der Waals surface area contributed by atoms with Crippen molar-refractivity contribution in [3.63, 3.8) is 0 Å². The maximum absolute atomic E-state index is 11.2. The summed E-state index contributed by atoms with van der Waals surface area (Å²) in [6.45, 7) is 4.25. The SMILES string of the molecule is COC(=O)c1ccc(CN2CCCC2C)nc1. The van der Waals surface area contributed by atoms with E-state index in [0.717, 1.165) is 18.8 Å². The summed E-state index contributed by atoms with van der Waals surface area (Å²) in [6.07, 6.45) is 4.11. The van der Waals surface area contributed by atoms with Crippen LogP contribution in [0, 0.1) is 0 Å². The number of likely N-dealkylation sites (tertiary alicyclic amines) is 1. The molecule has 0 amide bonds. The molecule has 4 heteroatoms. The van der Waals surface area contributed by atoms with Crippen LogP contribution >= 0.6 is 0 Å². The topological polar surface area (TPSA) is 42.4 Å². The molecule has 2 rings (SSSR count). The minimum Gasteiger partial charge on any atom is -0.465 e. The predicted octanol–water partition coefficient (Wildman–Crippen LogP) is 1.85. The van der Waals surface area contributed by atoms with Gasteiger partial charge in [0, 0.05) is 18.8 Å². The van der Waals surface area contributed by atoms with Gasteiger partial charge in [-0.2, -0.15) is 0 Å². The number of carbonyl (C=O) groups excluding carboxylic acids is 1. The Morgan fingerprint density at radius 3 is 2.94 bits per heavy atom. The van der Waals surface area contributed by atoms with Gasteiger partial charge >= 0.3 is 5.97 Å². The molecule has 1 unspecified atom stereocenters. The summed E-state index contributed by atoms with van der Waals surface area (Å²) in [4.78, 5) is 18.0. The molecular weight excluding hydrogens is 216 g/mol. The average Bonchev–Trinajstić information content (AvgIpc) is 2.75. The first-order valence-corrected chi connectivity index (χ1v) is 5.98. The zero-order valence-electron chi connectivity index (χ0n) is 10.3. The van der Waals surface area contributed by atoms with Gasteiger partial charge in [0.1, 0.15) is 0 Å². The van der Waals surface area contributed by atoms with E-state index in [-0.39, 0.29) is 5.97 Å². The molecule has 0 N–H and O–H groups in total. The van der Waals surface area contributed by atoms with E-state index in [0.29, 0.717) is 11.6 Å². The first-order chi connectivity index (χ1) is 8.20. The summed E-state index contributed by atoms with van der Waals surface area (Å²) in [7, 11) is 1.38. The number of nitrogens with zero attached hydrogens (tertiary/aromatic N) is 2. The summed E-state index contributed by atoms with van der Waals surface area (Å²) in [5, 5.41) is 0. The van der Waals surface area contributed by atoms with Crippen LogP contribution in [0.3, 0.4) is 0 Å². The Hall–Kier alpha value is -1.42. The molecule has 1 aromatic heterocycles. The Bertz CT molecular complexity index is 389. The number of hydrogen-bond acceptors (Lipinski definition) is 4. The lowest BCUT2D eigenvalue weighted by molar-refractivity contribution is 0.0600. The zero-order chi connectivity index (χ0) is 12.3. The van der Waals surface area contributed by atoms with Crippen LogP contribution in [0.4, 0.5) is 0 Å². The third-order valence-electron chi connectivity index (χ3n) is 3.30. The van der Waals surface area contributed by atoms with E-state index in [2.05, 4.69) is 21.5 Å². The summed E-state index contributed by atoms with van der Waals surface area (Å²) in [5.74, 6) is -0.335. The highest BCUT2D eigenvalue weighted by molar-refractivity contribution is 5.88. The zero-order valence-corrected chi connectivity index (χ0v) is 10.3. The van der Waals surface area contributed by atoms with E-state index >= 15 is 0 Å². The molecular formula is C13H18N2O2. The van der Waals surface area contributed by atoms with Crippen molar-refractivity contribution in [2.75, 3.05) is 13.7 Å². The van der Waals surface area contributed by atoms with Crippen molar-refractivity contribution in [3.05, 3.63) is 29.6 Å². The van der Waals surface area contributed by atoms with Crippen LogP contribution in [-0.2, 0) is 11.3 Å². The molecule has 0 bridgehead atoms. The summed E-state index contributed by atoms with van der Waals surface area (Å²) in [5.41, 5.74) is 1.51. The van der Waals surface area contributed by atoms with E-state index in [1.807, 2.05) is 6.07 Å². The van der Waals surface area contributed by atoms with E-state index < -0.39 is 0 Å². The molecule has 4 nitrogen and oxygen atoms in total. The van der Waals surface area contributed by atoms with Crippen molar-refractivity contribution in [2.45, 2.75) is 32.4 Å². The molecule has 2 heterocycles. The number of methoxy groups -OCH3 is 1. The highest BCUT2D eigenvalue weighted by Crippen LogP contribution is 2.18. The average molecular weight is 234 g/mol. The smallest absolute Gasteiger partial charge is 0.339 e. The van der Waals surface area contributed by atoms with Crippen LogP contribution in [0.15, 0.2) is 18.3 Å². The van der Waals surface area contributed by atoms with Crippen LogP contribution < -0.4 is 0 Å². The fourth-order valence-electron chi connectivity index (χ4n) is 2.19. The predicted molar refractivity (Wildman–Crippen MR) is 64.7 cm³/mol.